The maximum absolute atomic E-state index is 5.54. The van der Waals surface area contributed by atoms with Crippen LogP contribution in [0.25, 0.3) is 0 Å². The minimum Gasteiger partial charge on any atom is -0.493 e. The molecule has 2 heteroatoms. The van der Waals surface area contributed by atoms with Crippen LogP contribution in [0, 0.1) is 0 Å². The minimum absolute atomic E-state index is 0.789. The zero-order valence-corrected chi connectivity index (χ0v) is 8.49. The third kappa shape index (κ3) is 4.67. The fraction of sp³-hybridized carbons (Fsp3) is 0.333. The van der Waals surface area contributed by atoms with Crippen LogP contribution in [0.5, 0.6) is 5.75 Å². The zero-order valence-electron chi connectivity index (χ0n) is 8.49. The molecule has 2 N–H and O–H groups in total. The van der Waals surface area contributed by atoms with Crippen molar-refractivity contribution in [1.82, 2.24) is 0 Å². The molecule has 0 unspecified atom stereocenters. The first kappa shape index (κ1) is 10.8. The lowest BCUT2D eigenvalue weighted by Gasteiger charge is -2.04. The lowest BCUT2D eigenvalue weighted by Crippen LogP contribution is -2.84. The Morgan fingerprint density at radius 2 is 2.07 bits per heavy atom. The predicted molar refractivity (Wildman–Crippen MR) is 58.4 cm³/mol. The van der Waals surface area contributed by atoms with Crippen LogP contribution in [0.4, 0.5) is 0 Å². The van der Waals surface area contributed by atoms with Gasteiger partial charge >= 0.3 is 0 Å². The highest BCUT2D eigenvalue weighted by molar-refractivity contribution is 5.20. The van der Waals surface area contributed by atoms with E-state index >= 15 is 0 Å². The van der Waals surface area contributed by atoms with Gasteiger partial charge in [-0.1, -0.05) is 24.8 Å². The quantitative estimate of drug-likeness (QED) is 0.510. The molecule has 0 aliphatic heterocycles. The molecule has 1 rings (SSSR count). The standard InChI is InChI=1S/C12H17NO/c1-2-9-13-10-6-11-14-12-7-4-3-5-8-12/h2-5,7-8,13H,1,6,9-11H2/p+1. The number of hydrogen-bond acceptors (Lipinski definition) is 1. The second-order valence-electron chi connectivity index (χ2n) is 3.12. The average Bonchev–Trinajstić information content (AvgIpc) is 2.25. The number of nitrogens with two attached hydrogens (primary N) is 1. The van der Waals surface area contributed by atoms with Gasteiger partial charge in [0.05, 0.1) is 19.7 Å². The smallest absolute Gasteiger partial charge is 0.119 e. The van der Waals surface area contributed by atoms with Crippen molar-refractivity contribution in [3.05, 3.63) is 43.0 Å². The number of quaternary nitrogens is 1. The Balaban J connectivity index is 2.02. The van der Waals surface area contributed by atoms with Gasteiger partial charge in [0.1, 0.15) is 5.75 Å². The molecule has 0 radical (unpaired) electrons. The van der Waals surface area contributed by atoms with E-state index in [2.05, 4.69) is 11.9 Å². The van der Waals surface area contributed by atoms with Gasteiger partial charge in [-0.3, -0.25) is 0 Å². The van der Waals surface area contributed by atoms with Crippen LogP contribution in [0.1, 0.15) is 6.42 Å². The lowest BCUT2D eigenvalue weighted by molar-refractivity contribution is -0.646. The SMILES string of the molecule is C=CC[NH2+]CCCOc1ccccc1. The van der Waals surface area contributed by atoms with E-state index in [1.807, 2.05) is 36.4 Å². The minimum atomic E-state index is 0.789. The van der Waals surface area contributed by atoms with E-state index in [1.54, 1.807) is 0 Å². The van der Waals surface area contributed by atoms with Crippen LogP contribution in [0.2, 0.25) is 0 Å². The van der Waals surface area contributed by atoms with Gasteiger partial charge in [-0.25, -0.2) is 0 Å². The van der Waals surface area contributed by atoms with Crippen LogP contribution >= 0.6 is 0 Å². The highest BCUT2D eigenvalue weighted by Gasteiger charge is 1.92. The predicted octanol–water partition coefficient (Wildman–Crippen LogP) is 1.20. The molecule has 0 fully saturated rings. The Kier molecular flexibility index (Phi) is 5.52. The maximum Gasteiger partial charge on any atom is 0.119 e. The van der Waals surface area contributed by atoms with E-state index in [9.17, 15) is 0 Å². The molecule has 1 aromatic rings. The highest BCUT2D eigenvalue weighted by Crippen LogP contribution is 2.07. The third-order valence-corrected chi connectivity index (χ3v) is 1.90. The number of benzene rings is 1. The molecule has 76 valence electrons. The molecule has 0 aliphatic carbocycles. The van der Waals surface area contributed by atoms with Gasteiger partial charge in [0.25, 0.3) is 0 Å². The topological polar surface area (TPSA) is 25.8 Å². The Labute approximate surface area is 85.6 Å². The summed E-state index contributed by atoms with van der Waals surface area (Å²) < 4.78 is 5.54. The second-order valence-corrected chi connectivity index (χ2v) is 3.12. The molecule has 0 amide bonds. The Bertz CT molecular complexity index is 246. The molecule has 0 saturated heterocycles. The van der Waals surface area contributed by atoms with Crippen LogP contribution < -0.4 is 10.1 Å². The highest BCUT2D eigenvalue weighted by atomic mass is 16.5. The average molecular weight is 192 g/mol. The van der Waals surface area contributed by atoms with E-state index in [0.29, 0.717) is 0 Å². The summed E-state index contributed by atoms with van der Waals surface area (Å²) in [5, 5.41) is 2.22. The summed E-state index contributed by atoms with van der Waals surface area (Å²) in [6.45, 7) is 6.54. The molecule has 0 spiro atoms. The van der Waals surface area contributed by atoms with Crippen LogP contribution in [-0.4, -0.2) is 19.7 Å². The van der Waals surface area contributed by atoms with Crippen LogP contribution in [0.3, 0.4) is 0 Å². The third-order valence-electron chi connectivity index (χ3n) is 1.90. The van der Waals surface area contributed by atoms with Gasteiger partial charge in [0.2, 0.25) is 0 Å². The van der Waals surface area contributed by atoms with Crippen molar-refractivity contribution in [2.75, 3.05) is 19.7 Å². The lowest BCUT2D eigenvalue weighted by atomic mass is 10.3. The normalized spacial score (nSPS) is 9.71. The first-order valence-electron chi connectivity index (χ1n) is 5.04. The fourth-order valence-electron chi connectivity index (χ4n) is 1.17. The molecular formula is C12H18NO+. The summed E-state index contributed by atoms with van der Waals surface area (Å²) in [6.07, 6.45) is 2.99. The number of rotatable bonds is 7. The zero-order chi connectivity index (χ0) is 10.1. The van der Waals surface area contributed by atoms with Crippen LogP contribution in [-0.2, 0) is 0 Å². The summed E-state index contributed by atoms with van der Waals surface area (Å²) in [7, 11) is 0. The van der Waals surface area contributed by atoms with Crippen molar-refractivity contribution >= 4 is 0 Å². The molecule has 0 bridgehead atoms. The summed E-state index contributed by atoms with van der Waals surface area (Å²) in [5.74, 6) is 0.955. The molecule has 1 aromatic carbocycles. The summed E-state index contributed by atoms with van der Waals surface area (Å²) >= 11 is 0. The summed E-state index contributed by atoms with van der Waals surface area (Å²) in [6, 6.07) is 9.92. The molecule has 14 heavy (non-hydrogen) atoms. The van der Waals surface area contributed by atoms with E-state index in [4.69, 9.17) is 4.74 Å². The number of hydrogen-bond donors (Lipinski definition) is 1. The van der Waals surface area contributed by atoms with E-state index in [-0.39, 0.29) is 0 Å². The van der Waals surface area contributed by atoms with E-state index in [0.717, 1.165) is 31.9 Å². The van der Waals surface area contributed by atoms with Crippen molar-refractivity contribution < 1.29 is 10.1 Å². The van der Waals surface area contributed by atoms with Gasteiger partial charge in [-0.15, -0.1) is 0 Å². The molecule has 0 aliphatic rings. The Morgan fingerprint density at radius 1 is 1.29 bits per heavy atom. The van der Waals surface area contributed by atoms with Gasteiger partial charge < -0.3 is 10.1 Å². The maximum atomic E-state index is 5.54. The van der Waals surface area contributed by atoms with Crippen molar-refractivity contribution in [1.29, 1.82) is 0 Å². The van der Waals surface area contributed by atoms with Crippen molar-refractivity contribution in [3.63, 3.8) is 0 Å². The first-order valence-corrected chi connectivity index (χ1v) is 5.04. The summed E-state index contributed by atoms with van der Waals surface area (Å²) in [5.41, 5.74) is 0. The molecular weight excluding hydrogens is 174 g/mol. The van der Waals surface area contributed by atoms with Gasteiger partial charge in [0.15, 0.2) is 0 Å². The Morgan fingerprint density at radius 3 is 2.79 bits per heavy atom. The molecule has 0 atom stereocenters. The molecule has 2 nitrogen and oxygen atoms in total. The van der Waals surface area contributed by atoms with E-state index in [1.165, 1.54) is 0 Å². The Hall–Kier alpha value is -1.28. The molecule has 0 heterocycles. The van der Waals surface area contributed by atoms with E-state index < -0.39 is 0 Å². The largest absolute Gasteiger partial charge is 0.493 e. The van der Waals surface area contributed by atoms with Crippen molar-refractivity contribution in [2.24, 2.45) is 0 Å². The van der Waals surface area contributed by atoms with Gasteiger partial charge in [-0.2, -0.15) is 0 Å². The fourth-order valence-corrected chi connectivity index (χ4v) is 1.17. The summed E-state index contributed by atoms with van der Waals surface area (Å²) in [4.78, 5) is 0. The number of ether oxygens (including phenoxy) is 1. The molecule has 0 saturated carbocycles. The van der Waals surface area contributed by atoms with Gasteiger partial charge in [-0.05, 0) is 18.2 Å². The first-order chi connectivity index (χ1) is 6.93. The second kappa shape index (κ2) is 7.15. The molecule has 0 aromatic heterocycles. The monoisotopic (exact) mass is 192 g/mol. The van der Waals surface area contributed by atoms with Crippen LogP contribution in [0.15, 0.2) is 43.0 Å². The van der Waals surface area contributed by atoms with Crippen molar-refractivity contribution in [3.8, 4) is 5.75 Å². The number of para-hydroxylation sites is 1. The van der Waals surface area contributed by atoms with Gasteiger partial charge in [0, 0.05) is 6.42 Å². The van der Waals surface area contributed by atoms with Crippen molar-refractivity contribution in [2.45, 2.75) is 6.42 Å².